The van der Waals surface area contributed by atoms with Crippen LogP contribution in [-0.4, -0.2) is 51.4 Å². The van der Waals surface area contributed by atoms with Crippen LogP contribution in [0, 0.1) is 0 Å². The highest BCUT2D eigenvalue weighted by Crippen LogP contribution is 2.27. The van der Waals surface area contributed by atoms with Crippen LogP contribution in [0.5, 0.6) is 0 Å². The van der Waals surface area contributed by atoms with Crippen LogP contribution >= 0.6 is 23.2 Å². The largest absolute Gasteiger partial charge is 0.336 e. The summed E-state index contributed by atoms with van der Waals surface area (Å²) in [5, 5.41) is 1.51. The summed E-state index contributed by atoms with van der Waals surface area (Å²) >= 11 is 12.2. The van der Waals surface area contributed by atoms with Gasteiger partial charge in [-0.25, -0.2) is 4.98 Å². The summed E-state index contributed by atoms with van der Waals surface area (Å²) in [6.07, 6.45) is 0.821. The Labute approximate surface area is 197 Å². The number of benzene rings is 2. The van der Waals surface area contributed by atoms with Gasteiger partial charge in [0.05, 0.1) is 27.5 Å². The minimum absolute atomic E-state index is 0.00209. The van der Waals surface area contributed by atoms with Crippen molar-refractivity contribution in [2.45, 2.75) is 32.9 Å². The molecule has 0 bridgehead atoms. The van der Waals surface area contributed by atoms with Crippen molar-refractivity contribution in [3.8, 4) is 0 Å². The lowest BCUT2D eigenvalue weighted by molar-refractivity contribution is 0.0549. The summed E-state index contributed by atoms with van der Waals surface area (Å²) in [6, 6.07) is 12.4. The highest BCUT2D eigenvalue weighted by molar-refractivity contribution is 6.36. The van der Waals surface area contributed by atoms with Gasteiger partial charge < -0.3 is 4.90 Å². The Morgan fingerprint density at radius 3 is 2.44 bits per heavy atom. The first-order valence-electron chi connectivity index (χ1n) is 10.9. The van der Waals surface area contributed by atoms with Crippen LogP contribution < -0.4 is 5.56 Å². The normalized spacial score (nSPS) is 15.8. The SMILES string of the molecule is CCC(c1nc2ccccc2c(=O)n1CC)N1CCN(C(=O)c2ccc(Cl)cc2Cl)CC1. The van der Waals surface area contributed by atoms with Gasteiger partial charge in [-0.3, -0.25) is 19.1 Å². The van der Waals surface area contributed by atoms with Crippen molar-refractivity contribution in [3.63, 3.8) is 0 Å². The van der Waals surface area contributed by atoms with Crippen molar-refractivity contribution >= 4 is 40.0 Å². The minimum Gasteiger partial charge on any atom is -0.336 e. The van der Waals surface area contributed by atoms with E-state index in [1.165, 1.54) is 0 Å². The minimum atomic E-state index is -0.0892. The molecule has 1 saturated heterocycles. The van der Waals surface area contributed by atoms with Crippen LogP contribution in [0.1, 0.15) is 42.5 Å². The third kappa shape index (κ3) is 4.27. The number of hydrogen-bond acceptors (Lipinski definition) is 4. The van der Waals surface area contributed by atoms with Gasteiger partial charge in [0.1, 0.15) is 5.82 Å². The molecule has 1 amide bonds. The second-order valence-electron chi connectivity index (χ2n) is 7.91. The average molecular weight is 473 g/mol. The van der Waals surface area contributed by atoms with E-state index in [9.17, 15) is 9.59 Å². The van der Waals surface area contributed by atoms with Gasteiger partial charge in [-0.1, -0.05) is 42.3 Å². The molecule has 0 spiro atoms. The van der Waals surface area contributed by atoms with Gasteiger partial charge in [0, 0.05) is 37.7 Å². The molecule has 6 nitrogen and oxygen atoms in total. The maximum atomic E-state index is 13.1. The Balaban J connectivity index is 1.56. The van der Waals surface area contributed by atoms with Gasteiger partial charge in [-0.15, -0.1) is 0 Å². The zero-order chi connectivity index (χ0) is 22.8. The van der Waals surface area contributed by atoms with Crippen LogP contribution in [-0.2, 0) is 6.54 Å². The van der Waals surface area contributed by atoms with Gasteiger partial charge in [-0.05, 0) is 43.7 Å². The molecule has 1 aliphatic rings. The van der Waals surface area contributed by atoms with Gasteiger partial charge in [0.15, 0.2) is 0 Å². The van der Waals surface area contributed by atoms with Crippen molar-refractivity contribution in [3.05, 3.63) is 74.3 Å². The number of nitrogens with zero attached hydrogens (tertiary/aromatic N) is 4. The summed E-state index contributed by atoms with van der Waals surface area (Å²) in [5.74, 6) is 0.702. The second-order valence-corrected chi connectivity index (χ2v) is 8.76. The summed E-state index contributed by atoms with van der Waals surface area (Å²) in [6.45, 7) is 7.20. The average Bonchev–Trinajstić information content (AvgIpc) is 2.80. The van der Waals surface area contributed by atoms with Gasteiger partial charge in [-0.2, -0.15) is 0 Å². The molecule has 0 aliphatic carbocycles. The first-order chi connectivity index (χ1) is 15.4. The molecule has 1 fully saturated rings. The topological polar surface area (TPSA) is 58.4 Å². The van der Waals surface area contributed by atoms with Crippen LogP contribution in [0.15, 0.2) is 47.3 Å². The van der Waals surface area contributed by atoms with E-state index < -0.39 is 0 Å². The van der Waals surface area contributed by atoms with Gasteiger partial charge >= 0.3 is 0 Å². The second kappa shape index (κ2) is 9.61. The molecule has 2 aromatic carbocycles. The summed E-state index contributed by atoms with van der Waals surface area (Å²) in [5.41, 5.74) is 1.19. The number of amides is 1. The fourth-order valence-electron chi connectivity index (χ4n) is 4.42. The lowest BCUT2D eigenvalue weighted by Crippen LogP contribution is -2.50. The molecule has 0 saturated carbocycles. The third-order valence-electron chi connectivity index (χ3n) is 6.10. The fraction of sp³-hybridized carbons (Fsp3) is 0.375. The summed E-state index contributed by atoms with van der Waals surface area (Å²) in [4.78, 5) is 35.0. The number of piperazine rings is 1. The molecule has 32 heavy (non-hydrogen) atoms. The number of hydrogen-bond donors (Lipinski definition) is 0. The number of aromatic nitrogens is 2. The number of carbonyl (C=O) groups excluding carboxylic acids is 1. The molecule has 0 radical (unpaired) electrons. The first-order valence-corrected chi connectivity index (χ1v) is 11.7. The Kier molecular flexibility index (Phi) is 6.84. The van der Waals surface area contributed by atoms with E-state index in [-0.39, 0.29) is 17.5 Å². The molecule has 0 N–H and O–H groups in total. The van der Waals surface area contributed by atoms with Gasteiger partial charge in [0.25, 0.3) is 11.5 Å². The fourth-order valence-corrected chi connectivity index (χ4v) is 4.91. The van der Waals surface area contributed by atoms with Crippen molar-refractivity contribution in [2.24, 2.45) is 0 Å². The smallest absolute Gasteiger partial charge is 0.261 e. The molecule has 8 heteroatoms. The van der Waals surface area contributed by atoms with Gasteiger partial charge in [0.2, 0.25) is 0 Å². The Bertz CT molecular complexity index is 1200. The quantitative estimate of drug-likeness (QED) is 0.542. The maximum Gasteiger partial charge on any atom is 0.261 e. The van der Waals surface area contributed by atoms with Crippen LogP contribution in [0.25, 0.3) is 10.9 Å². The van der Waals surface area contributed by atoms with Crippen LogP contribution in [0.4, 0.5) is 0 Å². The highest BCUT2D eigenvalue weighted by atomic mass is 35.5. The first kappa shape index (κ1) is 22.8. The van der Waals surface area contributed by atoms with E-state index in [1.54, 1.807) is 22.8 Å². The predicted octanol–water partition coefficient (Wildman–Crippen LogP) is 4.63. The molecule has 2 heterocycles. The highest BCUT2D eigenvalue weighted by Gasteiger charge is 2.30. The van der Waals surface area contributed by atoms with Crippen molar-refractivity contribution in [2.75, 3.05) is 26.2 Å². The van der Waals surface area contributed by atoms with Crippen molar-refractivity contribution in [1.82, 2.24) is 19.4 Å². The van der Waals surface area contributed by atoms with Crippen molar-refractivity contribution < 1.29 is 4.79 Å². The van der Waals surface area contributed by atoms with E-state index >= 15 is 0 Å². The number of para-hydroxylation sites is 1. The molecule has 1 unspecified atom stereocenters. The molecular weight excluding hydrogens is 447 g/mol. The van der Waals surface area contributed by atoms with E-state index in [1.807, 2.05) is 36.1 Å². The van der Waals surface area contributed by atoms with E-state index in [4.69, 9.17) is 28.2 Å². The molecular formula is C24H26Cl2N4O2. The predicted molar refractivity (Wildman–Crippen MR) is 129 cm³/mol. The molecule has 4 rings (SSSR count). The Morgan fingerprint density at radius 2 is 1.78 bits per heavy atom. The number of fused-ring (bicyclic) bond motifs is 1. The monoisotopic (exact) mass is 472 g/mol. The molecule has 1 aromatic heterocycles. The number of halogens is 2. The zero-order valence-electron chi connectivity index (χ0n) is 18.2. The third-order valence-corrected chi connectivity index (χ3v) is 6.64. The van der Waals surface area contributed by atoms with Crippen molar-refractivity contribution in [1.29, 1.82) is 0 Å². The Morgan fingerprint density at radius 1 is 1.06 bits per heavy atom. The van der Waals surface area contributed by atoms with E-state index in [2.05, 4.69) is 11.8 Å². The number of rotatable bonds is 5. The van der Waals surface area contributed by atoms with E-state index in [0.29, 0.717) is 53.7 Å². The molecule has 168 valence electrons. The molecule has 1 atom stereocenters. The number of carbonyl (C=O) groups is 1. The lowest BCUT2D eigenvalue weighted by atomic mass is 10.1. The van der Waals surface area contributed by atoms with Crippen LogP contribution in [0.3, 0.4) is 0 Å². The molecule has 1 aliphatic heterocycles. The molecule has 3 aromatic rings. The lowest BCUT2D eigenvalue weighted by Gasteiger charge is -2.39. The maximum absolute atomic E-state index is 13.1. The standard InChI is InChI=1S/C24H26Cl2N4O2/c1-3-21(22-27-20-8-6-5-7-18(20)24(32)30(22)4-2)28-11-13-29(14-12-28)23(31)17-10-9-16(25)15-19(17)26/h5-10,15,21H,3-4,11-14H2,1-2H3. The van der Waals surface area contributed by atoms with E-state index in [0.717, 1.165) is 17.8 Å². The summed E-state index contributed by atoms with van der Waals surface area (Å²) < 4.78 is 1.78. The Hall–Kier alpha value is -2.41. The zero-order valence-corrected chi connectivity index (χ0v) is 19.7. The summed E-state index contributed by atoms with van der Waals surface area (Å²) in [7, 11) is 0. The van der Waals surface area contributed by atoms with Crippen LogP contribution in [0.2, 0.25) is 10.0 Å².